The summed E-state index contributed by atoms with van der Waals surface area (Å²) in [6.45, 7) is 4.36. The van der Waals surface area contributed by atoms with Gasteiger partial charge in [-0.2, -0.15) is 0 Å². The molecule has 106 valence electrons. The molecule has 0 spiro atoms. The molecule has 1 rings (SSSR count). The van der Waals surface area contributed by atoms with Gasteiger partial charge >= 0.3 is 0 Å². The largest absolute Gasteiger partial charge is 0.339 e. The quantitative estimate of drug-likeness (QED) is 0.816. The van der Waals surface area contributed by atoms with Crippen LogP contribution in [0.5, 0.6) is 0 Å². The zero-order valence-electron chi connectivity index (χ0n) is 11.7. The Hall–Kier alpha value is -0.710. The van der Waals surface area contributed by atoms with Crippen molar-refractivity contribution in [2.75, 3.05) is 33.7 Å². The molecular formula is C14H21ClN2OS. The zero-order valence-corrected chi connectivity index (χ0v) is 13.3. The predicted molar refractivity (Wildman–Crippen MR) is 83.5 cm³/mol. The third-order valence-corrected chi connectivity index (χ3v) is 3.49. The van der Waals surface area contributed by atoms with Gasteiger partial charge in [0.25, 0.3) is 5.91 Å². The zero-order chi connectivity index (χ0) is 14.4. The minimum Gasteiger partial charge on any atom is -0.339 e. The molecule has 0 unspecified atom stereocenters. The fourth-order valence-corrected chi connectivity index (χ4v) is 2.23. The van der Waals surface area contributed by atoms with Crippen molar-refractivity contribution < 1.29 is 4.79 Å². The standard InChI is InChI=1S/C14H21ClN2OS/c1-4-17(9-5-8-16(2)3)14(18)12-10-11(19)6-7-13(12)15/h6-7,10,19H,4-5,8-9H2,1-3H3. The van der Waals surface area contributed by atoms with Gasteiger partial charge in [0.1, 0.15) is 0 Å². The number of thiol groups is 1. The van der Waals surface area contributed by atoms with E-state index < -0.39 is 0 Å². The first kappa shape index (κ1) is 16.3. The lowest BCUT2D eigenvalue weighted by molar-refractivity contribution is 0.0759. The highest BCUT2D eigenvalue weighted by atomic mass is 35.5. The van der Waals surface area contributed by atoms with Gasteiger partial charge in [0.15, 0.2) is 0 Å². The summed E-state index contributed by atoms with van der Waals surface area (Å²) < 4.78 is 0. The van der Waals surface area contributed by atoms with E-state index in [0.717, 1.165) is 24.4 Å². The lowest BCUT2D eigenvalue weighted by atomic mass is 10.2. The smallest absolute Gasteiger partial charge is 0.255 e. The predicted octanol–water partition coefficient (Wildman–Crippen LogP) is 3.04. The summed E-state index contributed by atoms with van der Waals surface area (Å²) in [6, 6.07) is 5.22. The maximum absolute atomic E-state index is 12.4. The Bertz CT molecular complexity index is 437. The lowest BCUT2D eigenvalue weighted by Crippen LogP contribution is -2.33. The van der Waals surface area contributed by atoms with E-state index in [2.05, 4.69) is 17.5 Å². The second-order valence-electron chi connectivity index (χ2n) is 4.71. The summed E-state index contributed by atoms with van der Waals surface area (Å²) in [4.78, 5) is 17.1. The van der Waals surface area contributed by atoms with E-state index in [1.165, 1.54) is 0 Å². The van der Waals surface area contributed by atoms with Gasteiger partial charge in [-0.3, -0.25) is 4.79 Å². The average Bonchev–Trinajstić information content (AvgIpc) is 2.36. The van der Waals surface area contributed by atoms with Gasteiger partial charge in [-0.25, -0.2) is 0 Å². The summed E-state index contributed by atoms with van der Waals surface area (Å²) in [5, 5.41) is 0.480. The third-order valence-electron chi connectivity index (χ3n) is 2.88. The Balaban J connectivity index is 2.75. The number of benzene rings is 1. The SMILES string of the molecule is CCN(CCCN(C)C)C(=O)c1cc(S)ccc1Cl. The first-order valence-corrected chi connectivity index (χ1v) is 7.20. The number of carbonyl (C=O) groups excluding carboxylic acids is 1. The normalized spacial score (nSPS) is 10.8. The first-order chi connectivity index (χ1) is 8.95. The molecule has 0 bridgehead atoms. The molecule has 0 heterocycles. The maximum atomic E-state index is 12.4. The molecule has 0 radical (unpaired) electrons. The van der Waals surface area contributed by atoms with Crippen LogP contribution in [-0.4, -0.2) is 49.4 Å². The number of carbonyl (C=O) groups is 1. The van der Waals surface area contributed by atoms with Crippen LogP contribution in [0.1, 0.15) is 23.7 Å². The van der Waals surface area contributed by atoms with Gasteiger partial charge in [-0.15, -0.1) is 12.6 Å². The van der Waals surface area contributed by atoms with E-state index in [0.29, 0.717) is 17.1 Å². The second kappa shape index (κ2) is 7.78. The molecule has 1 aromatic rings. The number of hydrogen-bond donors (Lipinski definition) is 1. The molecule has 0 saturated carbocycles. The minimum absolute atomic E-state index is 0.0258. The molecule has 1 amide bonds. The molecule has 5 heteroatoms. The van der Waals surface area contributed by atoms with Crippen molar-refractivity contribution in [1.29, 1.82) is 0 Å². The van der Waals surface area contributed by atoms with E-state index in [9.17, 15) is 4.79 Å². The maximum Gasteiger partial charge on any atom is 0.255 e. The van der Waals surface area contributed by atoms with Crippen molar-refractivity contribution in [2.45, 2.75) is 18.2 Å². The van der Waals surface area contributed by atoms with E-state index in [1.807, 2.05) is 25.9 Å². The highest BCUT2D eigenvalue weighted by molar-refractivity contribution is 7.80. The molecule has 1 aromatic carbocycles. The van der Waals surface area contributed by atoms with Crippen molar-refractivity contribution in [3.63, 3.8) is 0 Å². The molecule has 0 N–H and O–H groups in total. The Kier molecular flexibility index (Phi) is 6.69. The van der Waals surface area contributed by atoms with Gasteiger partial charge in [0.05, 0.1) is 10.6 Å². The van der Waals surface area contributed by atoms with E-state index in [4.69, 9.17) is 11.6 Å². The van der Waals surface area contributed by atoms with Crippen LogP contribution in [0.25, 0.3) is 0 Å². The summed E-state index contributed by atoms with van der Waals surface area (Å²) in [6.07, 6.45) is 0.949. The monoisotopic (exact) mass is 300 g/mol. The molecule has 0 aliphatic carbocycles. The summed E-state index contributed by atoms with van der Waals surface area (Å²) in [5.41, 5.74) is 0.529. The fourth-order valence-electron chi connectivity index (χ4n) is 1.83. The van der Waals surface area contributed by atoms with Crippen LogP contribution in [-0.2, 0) is 0 Å². The van der Waals surface area contributed by atoms with Crippen LogP contribution in [0.15, 0.2) is 23.1 Å². The van der Waals surface area contributed by atoms with Crippen LogP contribution in [0.3, 0.4) is 0 Å². The average molecular weight is 301 g/mol. The van der Waals surface area contributed by atoms with Crippen LogP contribution >= 0.6 is 24.2 Å². The number of amides is 1. The summed E-state index contributed by atoms with van der Waals surface area (Å²) >= 11 is 10.3. The van der Waals surface area contributed by atoms with Crippen molar-refractivity contribution in [3.05, 3.63) is 28.8 Å². The van der Waals surface area contributed by atoms with Crippen LogP contribution in [0.2, 0.25) is 5.02 Å². The first-order valence-electron chi connectivity index (χ1n) is 6.38. The van der Waals surface area contributed by atoms with Crippen molar-refractivity contribution in [2.24, 2.45) is 0 Å². The summed E-state index contributed by atoms with van der Waals surface area (Å²) in [7, 11) is 4.05. The Morgan fingerprint density at radius 3 is 2.58 bits per heavy atom. The highest BCUT2D eigenvalue weighted by Gasteiger charge is 2.17. The Morgan fingerprint density at radius 1 is 1.32 bits per heavy atom. The van der Waals surface area contributed by atoms with Crippen LogP contribution < -0.4 is 0 Å². The van der Waals surface area contributed by atoms with Gasteiger partial charge in [-0.05, 0) is 52.2 Å². The van der Waals surface area contributed by atoms with Crippen molar-refractivity contribution in [3.8, 4) is 0 Å². The van der Waals surface area contributed by atoms with E-state index in [-0.39, 0.29) is 5.91 Å². The summed E-state index contributed by atoms with van der Waals surface area (Å²) in [5.74, 6) is -0.0258. The Labute approximate surface area is 125 Å². The van der Waals surface area contributed by atoms with Gasteiger partial charge in [-0.1, -0.05) is 11.6 Å². The van der Waals surface area contributed by atoms with Crippen LogP contribution in [0, 0.1) is 0 Å². The van der Waals surface area contributed by atoms with Crippen molar-refractivity contribution >= 4 is 30.1 Å². The highest BCUT2D eigenvalue weighted by Crippen LogP contribution is 2.21. The third kappa shape index (κ3) is 5.05. The number of hydrogen-bond acceptors (Lipinski definition) is 3. The topological polar surface area (TPSA) is 23.6 Å². The molecule has 0 aliphatic rings. The van der Waals surface area contributed by atoms with Crippen molar-refractivity contribution in [1.82, 2.24) is 9.80 Å². The molecular weight excluding hydrogens is 280 g/mol. The molecule has 0 aliphatic heterocycles. The Morgan fingerprint density at radius 2 is 2.00 bits per heavy atom. The van der Waals surface area contributed by atoms with E-state index >= 15 is 0 Å². The fraction of sp³-hybridized carbons (Fsp3) is 0.500. The molecule has 0 atom stereocenters. The number of rotatable bonds is 6. The second-order valence-corrected chi connectivity index (χ2v) is 5.63. The minimum atomic E-state index is -0.0258. The molecule has 19 heavy (non-hydrogen) atoms. The van der Waals surface area contributed by atoms with Gasteiger partial charge in [0, 0.05) is 18.0 Å². The van der Waals surface area contributed by atoms with Gasteiger partial charge < -0.3 is 9.80 Å². The van der Waals surface area contributed by atoms with E-state index in [1.54, 1.807) is 18.2 Å². The van der Waals surface area contributed by atoms with Crippen LogP contribution in [0.4, 0.5) is 0 Å². The molecule has 0 saturated heterocycles. The number of halogens is 1. The van der Waals surface area contributed by atoms with Gasteiger partial charge in [0.2, 0.25) is 0 Å². The lowest BCUT2D eigenvalue weighted by Gasteiger charge is -2.22. The molecule has 3 nitrogen and oxygen atoms in total. The number of nitrogens with zero attached hydrogens (tertiary/aromatic N) is 2. The molecule has 0 aromatic heterocycles. The molecule has 0 fully saturated rings.